The Hall–Kier alpha value is -3.41. The number of nitrogens with one attached hydrogen (secondary N) is 1. The minimum Gasteiger partial charge on any atom is -0.361 e. The van der Waals surface area contributed by atoms with Gasteiger partial charge in [-0.25, -0.2) is 0 Å². The van der Waals surface area contributed by atoms with Crippen molar-refractivity contribution in [2.75, 3.05) is 18.4 Å². The molecule has 30 heavy (non-hydrogen) atoms. The molecule has 3 aromatic rings. The molecule has 154 valence electrons. The second kappa shape index (κ2) is 8.53. The number of amides is 2. The number of carbonyl (C=O) groups excluding carboxylic acids is 2. The lowest BCUT2D eigenvalue weighted by molar-refractivity contribution is -0.121. The zero-order chi connectivity index (χ0) is 21.1. The van der Waals surface area contributed by atoms with Gasteiger partial charge in [-0.15, -0.1) is 0 Å². The van der Waals surface area contributed by atoms with E-state index in [1.165, 1.54) is 5.56 Å². The van der Waals surface area contributed by atoms with Gasteiger partial charge >= 0.3 is 0 Å². The Morgan fingerprint density at radius 2 is 1.83 bits per heavy atom. The summed E-state index contributed by atoms with van der Waals surface area (Å²) in [5.74, 6) is 0.0903. The third-order valence-corrected chi connectivity index (χ3v) is 5.41. The molecule has 1 fully saturated rings. The standard InChI is InChI=1S/C24H25N3O3/c1-16-6-3-7-18(12-16)19-8-4-10-21(14-19)25-23(28)20-9-5-11-27(15-20)24(29)22-13-17(2)30-26-22/h3-4,6-8,10,12-14,20H,5,9,11,15H2,1-2H3,(H,25,28). The zero-order valence-corrected chi connectivity index (χ0v) is 17.2. The van der Waals surface area contributed by atoms with Crippen LogP contribution in [0.5, 0.6) is 0 Å². The van der Waals surface area contributed by atoms with Crippen molar-refractivity contribution in [2.45, 2.75) is 26.7 Å². The van der Waals surface area contributed by atoms with Crippen LogP contribution in [0.1, 0.15) is 34.7 Å². The van der Waals surface area contributed by atoms with E-state index in [4.69, 9.17) is 4.52 Å². The highest BCUT2D eigenvalue weighted by Gasteiger charge is 2.30. The van der Waals surface area contributed by atoms with Crippen LogP contribution >= 0.6 is 0 Å². The van der Waals surface area contributed by atoms with Gasteiger partial charge in [0, 0.05) is 24.8 Å². The highest BCUT2D eigenvalue weighted by Crippen LogP contribution is 2.25. The Morgan fingerprint density at radius 3 is 2.57 bits per heavy atom. The number of carbonyl (C=O) groups is 2. The van der Waals surface area contributed by atoms with Crippen molar-refractivity contribution in [3.8, 4) is 11.1 Å². The number of piperidine rings is 1. The largest absolute Gasteiger partial charge is 0.361 e. The van der Waals surface area contributed by atoms with Gasteiger partial charge in [0.2, 0.25) is 5.91 Å². The molecule has 1 saturated heterocycles. The molecule has 1 aliphatic rings. The first-order valence-corrected chi connectivity index (χ1v) is 10.2. The number of hydrogen-bond donors (Lipinski definition) is 1. The summed E-state index contributed by atoms with van der Waals surface area (Å²) in [7, 11) is 0. The summed E-state index contributed by atoms with van der Waals surface area (Å²) in [6.45, 7) is 4.82. The number of anilines is 1. The molecule has 1 aromatic heterocycles. The molecule has 0 spiro atoms. The molecule has 6 heteroatoms. The smallest absolute Gasteiger partial charge is 0.276 e. The zero-order valence-electron chi connectivity index (χ0n) is 17.2. The lowest BCUT2D eigenvalue weighted by atomic mass is 9.96. The van der Waals surface area contributed by atoms with Gasteiger partial charge in [0.15, 0.2) is 5.69 Å². The number of hydrogen-bond acceptors (Lipinski definition) is 4. The summed E-state index contributed by atoms with van der Waals surface area (Å²) in [6, 6.07) is 17.7. The van der Waals surface area contributed by atoms with Gasteiger partial charge in [0.1, 0.15) is 5.76 Å². The molecule has 2 amide bonds. The molecule has 1 aliphatic heterocycles. The summed E-state index contributed by atoms with van der Waals surface area (Å²) in [4.78, 5) is 27.2. The van der Waals surface area contributed by atoms with Crippen molar-refractivity contribution in [1.82, 2.24) is 10.1 Å². The van der Waals surface area contributed by atoms with Crippen LogP contribution in [0.4, 0.5) is 5.69 Å². The van der Waals surface area contributed by atoms with Gasteiger partial charge < -0.3 is 14.7 Å². The molecule has 0 saturated carbocycles. The van der Waals surface area contributed by atoms with E-state index in [9.17, 15) is 9.59 Å². The van der Waals surface area contributed by atoms with Crippen molar-refractivity contribution in [1.29, 1.82) is 0 Å². The number of rotatable bonds is 4. The van der Waals surface area contributed by atoms with Gasteiger partial charge in [-0.2, -0.15) is 0 Å². The summed E-state index contributed by atoms with van der Waals surface area (Å²) in [5.41, 5.74) is 4.41. The first kappa shape index (κ1) is 19.9. The fourth-order valence-corrected chi connectivity index (χ4v) is 3.85. The Kier molecular flexibility index (Phi) is 5.65. The van der Waals surface area contributed by atoms with E-state index in [1.54, 1.807) is 17.9 Å². The molecule has 0 radical (unpaired) electrons. The maximum Gasteiger partial charge on any atom is 0.276 e. The van der Waals surface area contributed by atoms with Crippen molar-refractivity contribution in [3.05, 3.63) is 71.6 Å². The van der Waals surface area contributed by atoms with Gasteiger partial charge in [-0.05, 0) is 49.9 Å². The second-order valence-corrected chi connectivity index (χ2v) is 7.85. The number of likely N-dealkylation sites (tertiary alicyclic amines) is 1. The SMILES string of the molecule is Cc1cccc(-c2cccc(NC(=O)C3CCCN(C(=O)c4cc(C)on4)C3)c2)c1. The highest BCUT2D eigenvalue weighted by atomic mass is 16.5. The van der Waals surface area contributed by atoms with E-state index in [-0.39, 0.29) is 17.7 Å². The maximum absolute atomic E-state index is 12.9. The van der Waals surface area contributed by atoms with Crippen molar-refractivity contribution in [3.63, 3.8) is 0 Å². The van der Waals surface area contributed by atoms with E-state index >= 15 is 0 Å². The molecule has 6 nitrogen and oxygen atoms in total. The van der Waals surface area contributed by atoms with E-state index in [2.05, 4.69) is 35.6 Å². The van der Waals surface area contributed by atoms with E-state index in [0.717, 1.165) is 29.7 Å². The maximum atomic E-state index is 12.9. The predicted octanol–water partition coefficient (Wildman–Crippen LogP) is 4.45. The van der Waals surface area contributed by atoms with Crippen molar-refractivity contribution >= 4 is 17.5 Å². The van der Waals surface area contributed by atoms with E-state index < -0.39 is 0 Å². The molecule has 2 aromatic carbocycles. The van der Waals surface area contributed by atoms with Gasteiger partial charge in [-0.3, -0.25) is 9.59 Å². The van der Waals surface area contributed by atoms with Gasteiger partial charge in [-0.1, -0.05) is 47.1 Å². The molecule has 2 heterocycles. The summed E-state index contributed by atoms with van der Waals surface area (Å²) in [5, 5.41) is 6.84. The lowest BCUT2D eigenvalue weighted by Crippen LogP contribution is -2.43. The lowest BCUT2D eigenvalue weighted by Gasteiger charge is -2.31. The minimum atomic E-state index is -0.252. The summed E-state index contributed by atoms with van der Waals surface area (Å²) < 4.78 is 5.01. The quantitative estimate of drug-likeness (QED) is 0.698. The highest BCUT2D eigenvalue weighted by molar-refractivity contribution is 5.95. The van der Waals surface area contributed by atoms with Crippen LogP contribution in [-0.4, -0.2) is 35.0 Å². The molecular weight excluding hydrogens is 378 g/mol. The van der Waals surface area contributed by atoms with Crippen LogP contribution in [-0.2, 0) is 4.79 Å². The van der Waals surface area contributed by atoms with E-state index in [1.807, 2.05) is 30.3 Å². The Labute approximate surface area is 175 Å². The third kappa shape index (κ3) is 4.43. The Bertz CT molecular complexity index is 1070. The monoisotopic (exact) mass is 403 g/mol. The third-order valence-electron chi connectivity index (χ3n) is 5.41. The number of aromatic nitrogens is 1. The average Bonchev–Trinajstić information content (AvgIpc) is 3.20. The summed E-state index contributed by atoms with van der Waals surface area (Å²) >= 11 is 0. The van der Waals surface area contributed by atoms with Crippen LogP contribution < -0.4 is 5.32 Å². The first-order chi connectivity index (χ1) is 14.5. The van der Waals surface area contributed by atoms with Gasteiger partial charge in [0.25, 0.3) is 5.91 Å². The summed E-state index contributed by atoms with van der Waals surface area (Å²) in [6.07, 6.45) is 1.54. The van der Waals surface area contributed by atoms with Crippen molar-refractivity contribution in [2.24, 2.45) is 5.92 Å². The molecule has 0 bridgehead atoms. The van der Waals surface area contributed by atoms with Crippen LogP contribution in [0.2, 0.25) is 0 Å². The molecule has 1 atom stereocenters. The minimum absolute atomic E-state index is 0.0646. The Morgan fingerprint density at radius 1 is 1.07 bits per heavy atom. The van der Waals surface area contributed by atoms with Crippen LogP contribution in [0, 0.1) is 19.8 Å². The molecule has 1 N–H and O–H groups in total. The Balaban J connectivity index is 1.43. The van der Waals surface area contributed by atoms with Crippen LogP contribution in [0.25, 0.3) is 11.1 Å². The molecule has 1 unspecified atom stereocenters. The fraction of sp³-hybridized carbons (Fsp3) is 0.292. The molecule has 0 aliphatic carbocycles. The first-order valence-electron chi connectivity index (χ1n) is 10.2. The predicted molar refractivity (Wildman–Crippen MR) is 115 cm³/mol. The molecule has 4 rings (SSSR count). The molecular formula is C24H25N3O3. The number of nitrogens with zero attached hydrogens (tertiary/aromatic N) is 2. The van der Waals surface area contributed by atoms with Crippen LogP contribution in [0.15, 0.2) is 59.1 Å². The van der Waals surface area contributed by atoms with E-state index in [0.29, 0.717) is 24.5 Å². The number of aryl methyl sites for hydroxylation is 2. The number of benzene rings is 2. The van der Waals surface area contributed by atoms with Crippen LogP contribution in [0.3, 0.4) is 0 Å². The normalized spacial score (nSPS) is 16.3. The average molecular weight is 403 g/mol. The van der Waals surface area contributed by atoms with Gasteiger partial charge in [0.05, 0.1) is 5.92 Å². The van der Waals surface area contributed by atoms with Crippen molar-refractivity contribution < 1.29 is 14.1 Å². The fourth-order valence-electron chi connectivity index (χ4n) is 3.85. The topological polar surface area (TPSA) is 75.4 Å². The second-order valence-electron chi connectivity index (χ2n) is 7.85.